The van der Waals surface area contributed by atoms with E-state index < -0.39 is 0 Å². The number of para-hydroxylation sites is 1. The molecule has 1 aliphatic carbocycles. The topological polar surface area (TPSA) is 50.8 Å². The van der Waals surface area contributed by atoms with Crippen LogP contribution in [-0.4, -0.2) is 16.4 Å². The Morgan fingerprint density at radius 1 is 0.571 bits per heavy atom. The van der Waals surface area contributed by atoms with Crippen molar-refractivity contribution in [1.82, 2.24) is 4.98 Å². The van der Waals surface area contributed by atoms with Crippen molar-refractivity contribution < 1.29 is 4.42 Å². The Bertz CT molecular complexity index is 3220. The van der Waals surface area contributed by atoms with Gasteiger partial charge in [0.2, 0.25) is 0 Å². The van der Waals surface area contributed by atoms with Gasteiger partial charge in [-0.05, 0) is 104 Å². The molecule has 0 radical (unpaired) electrons. The molecule has 4 heteroatoms. The van der Waals surface area contributed by atoms with Crippen LogP contribution in [-0.2, 0) is 0 Å². The quantitative estimate of drug-likeness (QED) is 0.113. The lowest BCUT2D eigenvalue weighted by Gasteiger charge is -2.15. The minimum atomic E-state index is 0.666. The van der Waals surface area contributed by atoms with Crippen LogP contribution in [0.5, 0.6) is 0 Å². The Balaban J connectivity index is 0.00000132. The van der Waals surface area contributed by atoms with Crippen LogP contribution in [0.25, 0.3) is 71.4 Å². The second kappa shape index (κ2) is 18.5. The smallest absolute Gasteiger partial charge is 0.157 e. The molecule has 0 atom stereocenters. The highest BCUT2D eigenvalue weighted by molar-refractivity contribution is 6.24. The van der Waals surface area contributed by atoms with Crippen molar-refractivity contribution in [2.24, 2.45) is 9.98 Å². The first kappa shape index (κ1) is 42.0. The maximum absolute atomic E-state index is 6.58. The summed E-state index contributed by atoms with van der Waals surface area (Å²) < 4.78 is 6.58. The molecular formula is C59H51N3O. The fourth-order valence-corrected chi connectivity index (χ4v) is 8.29. The van der Waals surface area contributed by atoms with E-state index in [2.05, 4.69) is 159 Å². The first-order chi connectivity index (χ1) is 30.9. The Kier molecular flexibility index (Phi) is 12.3. The van der Waals surface area contributed by atoms with E-state index in [4.69, 9.17) is 14.4 Å². The van der Waals surface area contributed by atoms with E-state index in [1.165, 1.54) is 32.3 Å². The molecule has 1 aliphatic rings. The molecule has 0 spiro atoms. The normalized spacial score (nSPS) is 13.9. The second-order valence-electron chi connectivity index (χ2n) is 15.1. The number of allylic oxidation sites excluding steroid dienone is 6. The summed E-state index contributed by atoms with van der Waals surface area (Å²) in [5.41, 5.74) is 13.1. The van der Waals surface area contributed by atoms with Crippen LogP contribution in [0, 0.1) is 6.92 Å². The van der Waals surface area contributed by atoms with E-state index in [-0.39, 0.29) is 0 Å². The van der Waals surface area contributed by atoms with Gasteiger partial charge in [0, 0.05) is 40.0 Å². The third-order valence-electron chi connectivity index (χ3n) is 11.5. The van der Waals surface area contributed by atoms with Crippen molar-refractivity contribution in [2.75, 3.05) is 0 Å². The summed E-state index contributed by atoms with van der Waals surface area (Å²) in [7, 11) is 0. The number of aliphatic imine (C=N–C) groups is 2. The Morgan fingerprint density at radius 2 is 1.19 bits per heavy atom. The molecule has 0 aliphatic heterocycles. The lowest BCUT2D eigenvalue weighted by Crippen LogP contribution is -2.06. The summed E-state index contributed by atoms with van der Waals surface area (Å²) in [6, 6.07) is 48.7. The van der Waals surface area contributed by atoms with Crippen LogP contribution in [0.1, 0.15) is 68.2 Å². The van der Waals surface area contributed by atoms with E-state index in [1.807, 2.05) is 70.3 Å². The van der Waals surface area contributed by atoms with Gasteiger partial charge >= 0.3 is 0 Å². The van der Waals surface area contributed by atoms with E-state index in [1.54, 1.807) is 6.20 Å². The van der Waals surface area contributed by atoms with Crippen LogP contribution in [0.2, 0.25) is 0 Å². The number of aryl methyl sites for hydroxylation is 1. The Hall–Kier alpha value is -7.69. The zero-order valence-electron chi connectivity index (χ0n) is 36.9. The van der Waals surface area contributed by atoms with E-state index >= 15 is 0 Å². The van der Waals surface area contributed by atoms with Gasteiger partial charge in [0.05, 0.1) is 17.1 Å². The van der Waals surface area contributed by atoms with Gasteiger partial charge < -0.3 is 4.42 Å². The van der Waals surface area contributed by atoms with Gasteiger partial charge in [-0.1, -0.05) is 174 Å². The Morgan fingerprint density at radius 3 is 1.86 bits per heavy atom. The minimum Gasteiger partial charge on any atom is -0.454 e. The fourth-order valence-electron chi connectivity index (χ4n) is 8.29. The van der Waals surface area contributed by atoms with E-state index in [9.17, 15) is 0 Å². The monoisotopic (exact) mass is 817 g/mol. The number of aromatic nitrogens is 1. The number of benzene rings is 7. The van der Waals surface area contributed by atoms with E-state index in [0.29, 0.717) is 11.4 Å². The van der Waals surface area contributed by atoms with Gasteiger partial charge in [0.1, 0.15) is 11.3 Å². The first-order valence-electron chi connectivity index (χ1n) is 21.8. The van der Waals surface area contributed by atoms with Gasteiger partial charge in [-0.15, -0.1) is 0 Å². The Labute approximate surface area is 370 Å². The SMILES string of the molecule is C=C(N=C1C=CC=C/C1=C(/C)c1ccc(C(=NC(=C)c2cc3ccc4cccc5ccc(c2)c3c45)c2oc3ccccc3c2C)cc1)c1ccc(-c2cccnc2)cc1.CC.CC. The van der Waals surface area contributed by atoms with Crippen LogP contribution in [0.4, 0.5) is 0 Å². The molecule has 0 bridgehead atoms. The molecule has 0 amide bonds. The van der Waals surface area contributed by atoms with Crippen molar-refractivity contribution >= 4 is 71.7 Å². The minimum absolute atomic E-state index is 0.666. The third-order valence-corrected chi connectivity index (χ3v) is 11.5. The van der Waals surface area contributed by atoms with Gasteiger partial charge in [-0.2, -0.15) is 0 Å². The molecule has 0 saturated heterocycles. The molecule has 0 unspecified atom stereocenters. The molecule has 9 aromatic rings. The third kappa shape index (κ3) is 8.24. The van der Waals surface area contributed by atoms with Crippen LogP contribution < -0.4 is 0 Å². The molecule has 10 rings (SSSR count). The fraction of sp³-hybridized carbons (Fsp3) is 0.102. The average molecular weight is 818 g/mol. The molecule has 2 aromatic heterocycles. The van der Waals surface area contributed by atoms with Gasteiger partial charge in [-0.3, -0.25) is 4.98 Å². The summed E-state index contributed by atoms with van der Waals surface area (Å²) in [6.07, 6.45) is 11.9. The maximum atomic E-state index is 6.58. The standard InChI is InChI=1S/C55H39N3O.2C2H6/c1-34(48-14-5-7-16-50(48)57-36(3)39-20-22-40(23-21-39)46-13-10-30-56-33-46)38-18-26-43(27-19-38)54(55-35(2)49-15-6-8-17-51(49)59-55)58-37(4)47-31-44-28-24-41-11-9-12-42-25-29-45(32-47)53(44)52(41)42;2*1-2/h5-33H,3-4H2,1-2H3;2*1-2H3/b48-34+,57-50?,58-54?;;. The number of rotatable bonds is 8. The summed E-state index contributed by atoms with van der Waals surface area (Å²) in [5.74, 6) is 0.731. The molecule has 7 aromatic carbocycles. The zero-order valence-corrected chi connectivity index (χ0v) is 36.9. The molecule has 0 N–H and O–H groups in total. The molecular weight excluding hydrogens is 767 g/mol. The summed E-state index contributed by atoms with van der Waals surface area (Å²) >= 11 is 0. The van der Waals surface area contributed by atoms with E-state index in [0.717, 1.165) is 78.2 Å². The van der Waals surface area contributed by atoms with Crippen molar-refractivity contribution in [3.8, 4) is 11.1 Å². The van der Waals surface area contributed by atoms with Crippen LogP contribution >= 0.6 is 0 Å². The molecule has 2 heterocycles. The van der Waals surface area contributed by atoms with Crippen molar-refractivity contribution in [3.63, 3.8) is 0 Å². The molecule has 4 nitrogen and oxygen atoms in total. The van der Waals surface area contributed by atoms with Crippen molar-refractivity contribution in [1.29, 1.82) is 0 Å². The lowest BCUT2D eigenvalue weighted by molar-refractivity contribution is 0.602. The zero-order chi connectivity index (χ0) is 44.0. The van der Waals surface area contributed by atoms with Crippen molar-refractivity contribution in [2.45, 2.75) is 41.5 Å². The molecule has 63 heavy (non-hydrogen) atoms. The number of hydrogen-bond acceptors (Lipinski definition) is 4. The first-order valence-corrected chi connectivity index (χ1v) is 21.8. The van der Waals surface area contributed by atoms with Gasteiger partial charge in [0.25, 0.3) is 0 Å². The number of fused-ring (bicyclic) bond motifs is 1. The number of hydrogen-bond donors (Lipinski definition) is 0. The van der Waals surface area contributed by atoms with Crippen molar-refractivity contribution in [3.05, 3.63) is 229 Å². The highest BCUT2D eigenvalue weighted by atomic mass is 16.3. The second-order valence-corrected chi connectivity index (χ2v) is 15.1. The number of nitrogens with zero attached hydrogens (tertiary/aromatic N) is 3. The largest absolute Gasteiger partial charge is 0.454 e. The predicted octanol–water partition coefficient (Wildman–Crippen LogP) is 16.3. The highest BCUT2D eigenvalue weighted by Gasteiger charge is 2.20. The molecule has 0 saturated carbocycles. The lowest BCUT2D eigenvalue weighted by atomic mass is 9.92. The summed E-state index contributed by atoms with van der Waals surface area (Å²) in [5, 5.41) is 8.46. The molecule has 308 valence electrons. The van der Waals surface area contributed by atoms with Gasteiger partial charge in [0.15, 0.2) is 5.76 Å². The average Bonchev–Trinajstić information content (AvgIpc) is 3.69. The number of furan rings is 1. The van der Waals surface area contributed by atoms with Crippen LogP contribution in [0.15, 0.2) is 209 Å². The summed E-state index contributed by atoms with van der Waals surface area (Å²) in [4.78, 5) is 14.6. The molecule has 0 fully saturated rings. The summed E-state index contributed by atoms with van der Waals surface area (Å²) in [6.45, 7) is 21.1. The van der Waals surface area contributed by atoms with Gasteiger partial charge in [-0.25, -0.2) is 9.98 Å². The predicted molar refractivity (Wildman–Crippen MR) is 272 cm³/mol. The maximum Gasteiger partial charge on any atom is 0.157 e. The number of pyridine rings is 1. The highest BCUT2D eigenvalue weighted by Crippen LogP contribution is 2.37. The van der Waals surface area contributed by atoms with Crippen LogP contribution in [0.3, 0.4) is 0 Å².